The molecule has 6 aromatic rings. The summed E-state index contributed by atoms with van der Waals surface area (Å²) in [7, 11) is 0. The van der Waals surface area contributed by atoms with Gasteiger partial charge in [0.25, 0.3) is 0 Å². The first-order valence-corrected chi connectivity index (χ1v) is 29.5. The largest absolute Gasteiger partial charge is 0.471 e. The third-order valence-electron chi connectivity index (χ3n) is 15.0. The number of hydrogen-bond acceptors (Lipinski definition) is 22. The third kappa shape index (κ3) is 18.3. The van der Waals surface area contributed by atoms with Crippen molar-refractivity contribution in [2.24, 2.45) is 0 Å². The maximum atomic E-state index is 14.7. The first-order chi connectivity index (χ1) is 46.4. The van der Waals surface area contributed by atoms with Crippen LogP contribution in [-0.4, -0.2) is 188 Å². The summed E-state index contributed by atoms with van der Waals surface area (Å²) in [5, 5.41) is 28.2. The standard InChI is InChI=1S/C66H59F6N3O22/c1-35(77)73-45-51(95-57(81)39-26-14-5-15-27-39)49(93-55(79)37-22-10-3-11-23-37)43(89-60(45)84)33-87-62-47(75-64(86)66(70,71)72)53(97-59(83)41-30-18-7-19-31-41)50(94-56(80)38-24-12-4-13-25-38)44(91-62)34-88-61-46(74-63(85)65(67,68)69)52(96-58(82)40-28-16-6-17-29-40)48(42(32-76)90-61)92-54(78)36-20-8-2-9-21-36/h2-31,42-53,60-62,76,84H,32-34H2,1H3,(H,73,77)(H,74,85)(H,75,86)/t42-,43-,44-,45-,46-,47-,48-,49-,50-,51-,52-,53-,60-,61-,62-/m1/s1. The van der Waals surface area contributed by atoms with Crippen molar-refractivity contribution in [2.75, 3.05) is 19.8 Å². The molecule has 0 aromatic heterocycles. The molecule has 0 unspecified atom stereocenters. The molecule has 31 heteroatoms. The molecule has 0 bridgehead atoms. The van der Waals surface area contributed by atoms with Crippen molar-refractivity contribution in [3.8, 4) is 0 Å². The van der Waals surface area contributed by atoms with E-state index in [1.807, 2.05) is 0 Å². The van der Waals surface area contributed by atoms with E-state index in [0.29, 0.717) is 0 Å². The Bertz CT molecular complexity index is 3700. The van der Waals surface area contributed by atoms with Crippen molar-refractivity contribution in [2.45, 2.75) is 111 Å². The molecule has 15 atom stereocenters. The van der Waals surface area contributed by atoms with Gasteiger partial charge in [0.2, 0.25) is 5.91 Å². The minimum Gasteiger partial charge on any atom is -0.452 e. The molecule has 0 saturated carbocycles. The van der Waals surface area contributed by atoms with Crippen LogP contribution in [0.3, 0.4) is 0 Å². The van der Waals surface area contributed by atoms with Gasteiger partial charge in [-0.1, -0.05) is 109 Å². The van der Waals surface area contributed by atoms with Gasteiger partial charge in [-0.2, -0.15) is 26.3 Å². The minimum absolute atomic E-state index is 0.105. The van der Waals surface area contributed by atoms with Crippen molar-refractivity contribution >= 4 is 53.5 Å². The third-order valence-corrected chi connectivity index (χ3v) is 15.0. The lowest BCUT2D eigenvalue weighted by Crippen LogP contribution is -2.70. The maximum absolute atomic E-state index is 14.7. The molecule has 3 aliphatic rings. The lowest BCUT2D eigenvalue weighted by atomic mass is 9.94. The number of benzene rings is 6. The quantitative estimate of drug-likeness (QED) is 0.0334. The Balaban J connectivity index is 1.16. The molecule has 3 fully saturated rings. The van der Waals surface area contributed by atoms with Crippen LogP contribution in [0.25, 0.3) is 0 Å². The first kappa shape index (κ1) is 71.2. The van der Waals surface area contributed by atoms with Gasteiger partial charge in [0.05, 0.1) is 53.2 Å². The van der Waals surface area contributed by atoms with E-state index in [1.165, 1.54) is 170 Å². The van der Waals surface area contributed by atoms with Gasteiger partial charge in [0.15, 0.2) is 55.5 Å². The highest BCUT2D eigenvalue weighted by atomic mass is 19.4. The van der Waals surface area contributed by atoms with Gasteiger partial charge in [-0.15, -0.1) is 0 Å². The Morgan fingerprint density at radius 2 is 0.619 bits per heavy atom. The molecule has 3 saturated heterocycles. The van der Waals surface area contributed by atoms with Gasteiger partial charge in [0, 0.05) is 6.92 Å². The lowest BCUT2D eigenvalue weighted by molar-refractivity contribution is -0.313. The highest BCUT2D eigenvalue weighted by Gasteiger charge is 2.58. The van der Waals surface area contributed by atoms with E-state index >= 15 is 0 Å². The normalized spacial score (nSPS) is 25.5. The van der Waals surface area contributed by atoms with Crippen LogP contribution in [0.1, 0.15) is 69.1 Å². The van der Waals surface area contributed by atoms with Crippen LogP contribution >= 0.6 is 0 Å². The van der Waals surface area contributed by atoms with E-state index in [9.17, 15) is 79.7 Å². The first-order valence-electron chi connectivity index (χ1n) is 29.5. The molecule has 6 aromatic carbocycles. The smallest absolute Gasteiger partial charge is 0.452 e. The average Bonchev–Trinajstić information content (AvgIpc) is 0.791. The SMILES string of the molecule is CC(=O)N[C@@H]1[C@@H](OC(=O)c2ccccc2)[C@H](OC(=O)c2ccccc2)[C@@H](CO[C@@H]2O[C@H](CO[C@@H]3O[C@H](CO)[C@@H](OC(=O)c4ccccc4)[C@H](OC(=O)c4ccccc4)[C@H]3NC(=O)C(F)(F)F)[C@@H](OC(=O)c3ccccc3)[C@H](OC(=O)c3ccccc3)[C@H]2NC(=O)C(F)(F)F)O[C@H]1O. The Morgan fingerprint density at radius 3 is 0.887 bits per heavy atom. The van der Waals surface area contributed by atoms with Crippen molar-refractivity contribution in [3.63, 3.8) is 0 Å². The Morgan fingerprint density at radius 1 is 0.371 bits per heavy atom. The zero-order valence-corrected chi connectivity index (χ0v) is 50.4. The molecule has 97 heavy (non-hydrogen) atoms. The van der Waals surface area contributed by atoms with Gasteiger partial charge in [-0.05, 0) is 72.8 Å². The van der Waals surface area contributed by atoms with Gasteiger partial charge < -0.3 is 78.3 Å². The highest BCUT2D eigenvalue weighted by molar-refractivity contribution is 5.93. The van der Waals surface area contributed by atoms with Crippen molar-refractivity contribution in [3.05, 3.63) is 215 Å². The summed E-state index contributed by atoms with van der Waals surface area (Å²) in [6, 6.07) is 34.0. The van der Waals surface area contributed by atoms with Crippen molar-refractivity contribution in [1.29, 1.82) is 0 Å². The molecule has 3 aliphatic heterocycles. The zero-order chi connectivity index (χ0) is 69.6. The fourth-order valence-corrected chi connectivity index (χ4v) is 10.4. The van der Waals surface area contributed by atoms with Crippen LogP contribution in [0, 0.1) is 0 Å². The Kier molecular flexibility index (Phi) is 23.5. The summed E-state index contributed by atoms with van der Waals surface area (Å²) in [6.45, 7) is -2.77. The topological polar surface area (TPSA) is 332 Å². The number of nitrogens with one attached hydrogen (secondary N) is 3. The maximum Gasteiger partial charge on any atom is 0.471 e. The molecule has 0 radical (unpaired) electrons. The van der Waals surface area contributed by atoms with E-state index in [-0.39, 0.29) is 33.4 Å². The second-order valence-corrected chi connectivity index (χ2v) is 21.6. The molecule has 9 rings (SSSR count). The number of rotatable bonds is 22. The number of halogens is 6. The van der Waals surface area contributed by atoms with Crippen LogP contribution < -0.4 is 16.0 Å². The van der Waals surface area contributed by atoms with Gasteiger partial charge >= 0.3 is 60.0 Å². The Labute approximate surface area is 546 Å². The van der Waals surface area contributed by atoms with E-state index in [0.717, 1.165) is 6.92 Å². The number of esters is 6. The van der Waals surface area contributed by atoms with Gasteiger partial charge in [-0.3, -0.25) is 14.4 Å². The van der Waals surface area contributed by atoms with E-state index in [4.69, 9.17) is 52.1 Å². The van der Waals surface area contributed by atoms with Gasteiger partial charge in [-0.25, -0.2) is 28.8 Å². The highest BCUT2D eigenvalue weighted by Crippen LogP contribution is 2.36. The summed E-state index contributed by atoms with van der Waals surface area (Å²) in [5.74, 6) is -13.9. The summed E-state index contributed by atoms with van der Waals surface area (Å²) in [6.07, 6.45) is -38.4. The number of alkyl halides is 6. The number of amides is 3. The zero-order valence-electron chi connectivity index (χ0n) is 50.4. The average molecular weight is 1360 g/mol. The van der Waals surface area contributed by atoms with E-state index < -0.39 is 178 Å². The van der Waals surface area contributed by atoms with E-state index in [1.54, 1.807) is 22.8 Å². The van der Waals surface area contributed by atoms with Gasteiger partial charge in [0.1, 0.15) is 36.4 Å². The Hall–Kier alpha value is -10.2. The van der Waals surface area contributed by atoms with E-state index in [2.05, 4.69) is 5.32 Å². The van der Waals surface area contributed by atoms with Crippen molar-refractivity contribution < 1.29 is 132 Å². The molecule has 5 N–H and O–H groups in total. The fraction of sp³-hybridized carbons (Fsp3) is 0.318. The number of hydrogen-bond donors (Lipinski definition) is 5. The number of aliphatic hydroxyl groups is 2. The molecular formula is C66H59F6N3O22. The van der Waals surface area contributed by atoms with Crippen LogP contribution in [0.5, 0.6) is 0 Å². The summed E-state index contributed by atoms with van der Waals surface area (Å²) >= 11 is 0. The van der Waals surface area contributed by atoms with Crippen LogP contribution in [0.4, 0.5) is 26.3 Å². The molecule has 512 valence electrons. The fourth-order valence-electron chi connectivity index (χ4n) is 10.4. The summed E-state index contributed by atoms with van der Waals surface area (Å²) < 4.78 is 153. The molecule has 3 heterocycles. The summed E-state index contributed by atoms with van der Waals surface area (Å²) in [5.41, 5.74) is -1.28. The minimum atomic E-state index is -5.80. The number of ether oxygens (including phenoxy) is 11. The molecular weight excluding hydrogens is 1300 g/mol. The molecule has 3 amide bonds. The number of carbonyl (C=O) groups is 9. The molecule has 0 spiro atoms. The predicted molar refractivity (Wildman–Crippen MR) is 315 cm³/mol. The number of aliphatic hydroxyl groups excluding tert-OH is 2. The second-order valence-electron chi connectivity index (χ2n) is 21.6. The van der Waals surface area contributed by atoms with Crippen molar-refractivity contribution in [1.82, 2.24) is 16.0 Å². The lowest BCUT2D eigenvalue weighted by Gasteiger charge is -2.48. The van der Waals surface area contributed by atoms with Crippen LogP contribution in [-0.2, 0) is 66.5 Å². The second kappa shape index (κ2) is 32.1. The molecule has 0 aliphatic carbocycles. The van der Waals surface area contributed by atoms with Crippen LogP contribution in [0.15, 0.2) is 182 Å². The predicted octanol–water partition coefficient (Wildman–Crippen LogP) is 5.13. The summed E-state index contributed by atoms with van der Waals surface area (Å²) in [4.78, 5) is 124. The molecule has 25 nitrogen and oxygen atoms in total. The number of carbonyl (C=O) groups excluding carboxylic acids is 9. The monoisotopic (exact) mass is 1360 g/mol. The van der Waals surface area contributed by atoms with Crippen LogP contribution in [0.2, 0.25) is 0 Å².